The molecule has 1 heterocycles. The smallest absolute Gasteiger partial charge is 0.372 e. The van der Waals surface area contributed by atoms with Gasteiger partial charge in [0.05, 0.1) is 0 Å². The number of likely N-dealkylation sites (N-methyl/N-ethyl adjacent to an activating group) is 1. The summed E-state index contributed by atoms with van der Waals surface area (Å²) in [5.41, 5.74) is 1.12. The molecule has 0 amide bonds. The quantitative estimate of drug-likeness (QED) is 0.678. The van der Waals surface area contributed by atoms with Gasteiger partial charge < -0.3 is 18.7 Å². The summed E-state index contributed by atoms with van der Waals surface area (Å²) in [4.78, 5) is 4.94. The predicted molar refractivity (Wildman–Crippen MR) is 99.3 cm³/mol. The van der Waals surface area contributed by atoms with Crippen molar-refractivity contribution in [3.63, 3.8) is 0 Å². The second-order valence-electron chi connectivity index (χ2n) is 6.24. The molecule has 0 radical (unpaired) electrons. The zero-order valence-corrected chi connectivity index (χ0v) is 15.8. The maximum atomic E-state index is 5.93. The van der Waals surface area contributed by atoms with Crippen molar-refractivity contribution in [2.24, 2.45) is 0 Å². The van der Waals surface area contributed by atoms with E-state index in [2.05, 4.69) is 47.7 Å². The first kappa shape index (κ1) is 18.4. The summed E-state index contributed by atoms with van der Waals surface area (Å²) >= 11 is 0. The molecule has 0 bridgehead atoms. The first-order chi connectivity index (χ1) is 11.1. The van der Waals surface area contributed by atoms with Gasteiger partial charge in [-0.2, -0.15) is 0 Å². The van der Waals surface area contributed by atoms with Gasteiger partial charge in [0.1, 0.15) is 0 Å². The molecule has 1 aliphatic rings. The molecular weight excluding hydrogens is 304 g/mol. The third-order valence-electron chi connectivity index (χ3n) is 4.80. The van der Waals surface area contributed by atoms with Crippen molar-refractivity contribution in [1.82, 2.24) is 9.80 Å². The first-order valence-corrected chi connectivity index (χ1v) is 10.4. The van der Waals surface area contributed by atoms with E-state index in [1.807, 2.05) is 6.08 Å². The van der Waals surface area contributed by atoms with Crippen LogP contribution in [0.1, 0.15) is 12.0 Å². The summed E-state index contributed by atoms with van der Waals surface area (Å²) in [6.07, 6.45) is 2.98. The lowest BCUT2D eigenvalue weighted by molar-refractivity contribution is 0.152. The molecule has 0 saturated carbocycles. The monoisotopic (exact) mass is 334 g/mol. The van der Waals surface area contributed by atoms with E-state index in [0.29, 0.717) is 0 Å². The average molecular weight is 335 g/mol. The van der Waals surface area contributed by atoms with Crippen LogP contribution in [0.3, 0.4) is 0 Å². The Kier molecular flexibility index (Phi) is 6.99. The van der Waals surface area contributed by atoms with Crippen molar-refractivity contribution >= 4 is 19.8 Å². The van der Waals surface area contributed by atoms with Crippen molar-refractivity contribution < 1.29 is 8.85 Å². The summed E-state index contributed by atoms with van der Waals surface area (Å²) in [5.74, 6) is 0. The van der Waals surface area contributed by atoms with Crippen LogP contribution in [-0.2, 0) is 8.85 Å². The van der Waals surface area contributed by atoms with E-state index in [-0.39, 0.29) is 0 Å². The van der Waals surface area contributed by atoms with Gasteiger partial charge in [0.2, 0.25) is 0 Å². The number of hydrogen-bond donors (Lipinski definition) is 0. The number of nitrogens with zero attached hydrogens (tertiary/aromatic N) is 2. The SMILES string of the molecule is C=Cc1cccc([Si](CCCN2CCN(C)CC2)(OC)OC)c1. The summed E-state index contributed by atoms with van der Waals surface area (Å²) in [6, 6.07) is 9.38. The van der Waals surface area contributed by atoms with Gasteiger partial charge in [-0.1, -0.05) is 36.9 Å². The molecule has 1 saturated heterocycles. The van der Waals surface area contributed by atoms with E-state index < -0.39 is 8.56 Å². The topological polar surface area (TPSA) is 24.9 Å². The molecule has 23 heavy (non-hydrogen) atoms. The van der Waals surface area contributed by atoms with E-state index in [9.17, 15) is 0 Å². The summed E-state index contributed by atoms with van der Waals surface area (Å²) < 4.78 is 11.9. The largest absolute Gasteiger partial charge is 0.394 e. The van der Waals surface area contributed by atoms with Crippen molar-refractivity contribution in [1.29, 1.82) is 0 Å². The second-order valence-corrected chi connectivity index (χ2v) is 9.64. The minimum atomic E-state index is -2.35. The molecule has 0 spiro atoms. The number of benzene rings is 1. The Hall–Kier alpha value is -0.983. The molecule has 0 atom stereocenters. The number of rotatable bonds is 8. The molecule has 0 aliphatic carbocycles. The molecule has 128 valence electrons. The Morgan fingerprint density at radius 1 is 1.17 bits per heavy atom. The number of hydrogen-bond acceptors (Lipinski definition) is 4. The zero-order chi connectivity index (χ0) is 16.7. The van der Waals surface area contributed by atoms with Gasteiger partial charge in [0.25, 0.3) is 0 Å². The molecule has 4 nitrogen and oxygen atoms in total. The maximum Gasteiger partial charge on any atom is 0.372 e. The van der Waals surface area contributed by atoms with Gasteiger partial charge in [-0.25, -0.2) is 0 Å². The highest BCUT2D eigenvalue weighted by Gasteiger charge is 2.37. The van der Waals surface area contributed by atoms with Crippen LogP contribution in [-0.4, -0.2) is 72.4 Å². The molecular formula is C18H30N2O2Si. The lowest BCUT2D eigenvalue weighted by Gasteiger charge is -2.33. The highest BCUT2D eigenvalue weighted by atomic mass is 28.4. The van der Waals surface area contributed by atoms with E-state index in [4.69, 9.17) is 8.85 Å². The van der Waals surface area contributed by atoms with Gasteiger partial charge >= 0.3 is 8.56 Å². The zero-order valence-electron chi connectivity index (χ0n) is 14.8. The van der Waals surface area contributed by atoms with Crippen LogP contribution >= 0.6 is 0 Å². The van der Waals surface area contributed by atoms with Gasteiger partial charge in [-0.05, 0) is 36.8 Å². The first-order valence-electron chi connectivity index (χ1n) is 8.37. The fourth-order valence-electron chi connectivity index (χ4n) is 3.18. The minimum absolute atomic E-state index is 0.979. The van der Waals surface area contributed by atoms with Crippen molar-refractivity contribution in [2.75, 3.05) is 54.0 Å². The van der Waals surface area contributed by atoms with Crippen LogP contribution in [0.4, 0.5) is 0 Å². The fraction of sp³-hybridized carbons (Fsp3) is 0.556. The lowest BCUT2D eigenvalue weighted by atomic mass is 10.2. The molecule has 0 unspecified atom stereocenters. The van der Waals surface area contributed by atoms with Crippen LogP contribution in [0, 0.1) is 0 Å². The van der Waals surface area contributed by atoms with E-state index in [0.717, 1.165) is 37.7 Å². The van der Waals surface area contributed by atoms with Gasteiger partial charge in [0, 0.05) is 40.4 Å². The summed E-state index contributed by atoms with van der Waals surface area (Å²) in [5, 5.41) is 1.19. The normalized spacial score (nSPS) is 17.3. The van der Waals surface area contributed by atoms with E-state index in [1.54, 1.807) is 14.2 Å². The second kappa shape index (κ2) is 8.75. The van der Waals surface area contributed by atoms with E-state index in [1.165, 1.54) is 18.3 Å². The molecule has 0 aromatic heterocycles. The Labute approximate surface area is 141 Å². The van der Waals surface area contributed by atoms with Gasteiger partial charge in [0.15, 0.2) is 0 Å². The predicted octanol–water partition coefficient (Wildman–Crippen LogP) is 1.91. The highest BCUT2D eigenvalue weighted by Crippen LogP contribution is 2.17. The fourth-order valence-corrected chi connectivity index (χ4v) is 5.87. The van der Waals surface area contributed by atoms with E-state index >= 15 is 0 Å². The Balaban J connectivity index is 1.98. The highest BCUT2D eigenvalue weighted by molar-refractivity contribution is 6.81. The Morgan fingerprint density at radius 3 is 2.48 bits per heavy atom. The van der Waals surface area contributed by atoms with Crippen LogP contribution in [0.15, 0.2) is 30.8 Å². The molecule has 1 aromatic rings. The van der Waals surface area contributed by atoms with Crippen molar-refractivity contribution in [3.8, 4) is 0 Å². The maximum absolute atomic E-state index is 5.93. The third kappa shape index (κ3) is 4.75. The molecule has 2 rings (SSSR count). The molecule has 0 N–H and O–H groups in total. The minimum Gasteiger partial charge on any atom is -0.394 e. The Bertz CT molecular complexity index is 498. The van der Waals surface area contributed by atoms with Crippen LogP contribution in [0.5, 0.6) is 0 Å². The number of piperazine rings is 1. The Morgan fingerprint density at radius 2 is 1.87 bits per heavy atom. The lowest BCUT2D eigenvalue weighted by Crippen LogP contribution is -2.53. The molecule has 1 aliphatic heterocycles. The van der Waals surface area contributed by atoms with Gasteiger partial charge in [-0.15, -0.1) is 0 Å². The summed E-state index contributed by atoms with van der Waals surface area (Å²) in [6.45, 7) is 9.64. The standard InChI is InChI=1S/C18H30N2O2Si/c1-5-17-8-6-9-18(16-17)23(21-3,22-4)15-7-10-20-13-11-19(2)12-14-20/h5-6,8-9,16H,1,7,10-15H2,2-4H3. The van der Waals surface area contributed by atoms with Crippen LogP contribution < -0.4 is 5.19 Å². The average Bonchev–Trinajstić information content (AvgIpc) is 2.61. The van der Waals surface area contributed by atoms with Crippen LogP contribution in [0.25, 0.3) is 6.08 Å². The molecule has 1 aromatic carbocycles. The molecule has 1 fully saturated rings. The van der Waals surface area contributed by atoms with Crippen molar-refractivity contribution in [3.05, 3.63) is 36.4 Å². The molecule has 5 heteroatoms. The van der Waals surface area contributed by atoms with Gasteiger partial charge in [-0.3, -0.25) is 0 Å². The van der Waals surface area contributed by atoms with Crippen molar-refractivity contribution in [2.45, 2.75) is 12.5 Å². The summed E-state index contributed by atoms with van der Waals surface area (Å²) in [7, 11) is 3.41. The third-order valence-corrected chi connectivity index (χ3v) is 8.32. The van der Waals surface area contributed by atoms with Crippen LogP contribution in [0.2, 0.25) is 6.04 Å².